The van der Waals surface area contributed by atoms with Gasteiger partial charge in [-0.05, 0) is 20.3 Å². The van der Waals surface area contributed by atoms with Crippen LogP contribution in [0.15, 0.2) is 34.9 Å². The number of aromatic nitrogens is 4. The van der Waals surface area contributed by atoms with Crippen LogP contribution in [-0.4, -0.2) is 52.5 Å². The number of aromatic amines is 1. The van der Waals surface area contributed by atoms with Crippen molar-refractivity contribution in [2.24, 2.45) is 0 Å². The van der Waals surface area contributed by atoms with Gasteiger partial charge in [0.2, 0.25) is 10.0 Å². The third-order valence-corrected chi connectivity index (χ3v) is 5.94. The van der Waals surface area contributed by atoms with Gasteiger partial charge in [-0.1, -0.05) is 35.5 Å². The van der Waals surface area contributed by atoms with E-state index in [2.05, 4.69) is 25.0 Å². The Labute approximate surface area is 169 Å². The molecular weight excluding hydrogens is 392 g/mol. The molecule has 2 atom stereocenters. The number of nitrogens with one attached hydrogen (secondary N) is 2. The second-order valence-corrected chi connectivity index (χ2v) is 9.26. The van der Waals surface area contributed by atoms with Crippen LogP contribution in [0.3, 0.4) is 0 Å². The van der Waals surface area contributed by atoms with E-state index in [-0.39, 0.29) is 12.1 Å². The smallest absolute Gasteiger partial charge is 0.208 e. The maximum absolute atomic E-state index is 11.8. The van der Waals surface area contributed by atoms with Crippen molar-refractivity contribution in [3.8, 4) is 11.4 Å². The van der Waals surface area contributed by atoms with Gasteiger partial charge in [0.1, 0.15) is 11.6 Å². The molecule has 1 aromatic carbocycles. The van der Waals surface area contributed by atoms with Gasteiger partial charge in [0.25, 0.3) is 0 Å². The van der Waals surface area contributed by atoms with E-state index < -0.39 is 10.0 Å². The molecule has 2 aromatic heterocycles. The first-order valence-corrected chi connectivity index (χ1v) is 11.3. The normalized spacial score (nSPS) is 20.4. The van der Waals surface area contributed by atoms with Crippen LogP contribution in [0.1, 0.15) is 35.3 Å². The number of likely N-dealkylation sites (tertiary alicyclic amines) is 1. The largest absolute Gasteiger partial charge is 0.361 e. The lowest BCUT2D eigenvalue weighted by atomic mass is 10.1. The summed E-state index contributed by atoms with van der Waals surface area (Å²) in [5.41, 5.74) is 2.78. The van der Waals surface area contributed by atoms with E-state index in [4.69, 9.17) is 9.51 Å². The summed E-state index contributed by atoms with van der Waals surface area (Å²) in [5, 5.41) is 11.4. The standard InChI is InChI=1S/C19H24N6O3S/c1-12-16(13(2)28-23-12)11-25-10-15(24-29(3,26)27)9-17(25)19-20-18(21-22-19)14-7-5-4-6-8-14/h4-8,15,17,24H,9-11H2,1-3H3,(H,20,21,22)/t15-,17-/m0/s1. The van der Waals surface area contributed by atoms with E-state index in [1.54, 1.807) is 0 Å². The molecule has 0 bridgehead atoms. The minimum absolute atomic E-state index is 0.104. The molecule has 0 radical (unpaired) electrons. The van der Waals surface area contributed by atoms with Crippen LogP contribution >= 0.6 is 0 Å². The first-order valence-electron chi connectivity index (χ1n) is 9.41. The van der Waals surface area contributed by atoms with Crippen LogP contribution in [0.2, 0.25) is 0 Å². The molecule has 1 saturated heterocycles. The van der Waals surface area contributed by atoms with Crippen molar-refractivity contribution in [2.75, 3.05) is 12.8 Å². The lowest BCUT2D eigenvalue weighted by Crippen LogP contribution is -2.36. The number of hydrogen-bond donors (Lipinski definition) is 2. The van der Waals surface area contributed by atoms with Gasteiger partial charge in [-0.2, -0.15) is 5.10 Å². The van der Waals surface area contributed by atoms with Crippen molar-refractivity contribution < 1.29 is 12.9 Å². The summed E-state index contributed by atoms with van der Waals surface area (Å²) in [5.74, 6) is 2.11. The van der Waals surface area contributed by atoms with Crippen molar-refractivity contribution in [2.45, 2.75) is 38.9 Å². The second-order valence-electron chi connectivity index (χ2n) is 7.48. The molecule has 10 heteroatoms. The summed E-state index contributed by atoms with van der Waals surface area (Å²) in [6.45, 7) is 4.94. The first-order chi connectivity index (χ1) is 13.8. The Kier molecular flexibility index (Phi) is 5.24. The SMILES string of the molecule is Cc1noc(C)c1CN1C[C@@H](NS(C)(=O)=O)C[C@H]1c1nc(-c2ccccc2)n[nH]1. The molecule has 3 aromatic rings. The monoisotopic (exact) mass is 416 g/mol. The summed E-state index contributed by atoms with van der Waals surface area (Å²) >= 11 is 0. The molecule has 1 aliphatic heterocycles. The van der Waals surface area contributed by atoms with Gasteiger partial charge < -0.3 is 4.52 Å². The quantitative estimate of drug-likeness (QED) is 0.631. The Morgan fingerprint density at radius 3 is 2.69 bits per heavy atom. The second kappa shape index (κ2) is 7.69. The molecule has 1 fully saturated rings. The maximum atomic E-state index is 11.8. The molecule has 3 heterocycles. The van der Waals surface area contributed by atoms with Crippen molar-refractivity contribution >= 4 is 10.0 Å². The zero-order valence-corrected chi connectivity index (χ0v) is 17.4. The molecule has 154 valence electrons. The summed E-state index contributed by atoms with van der Waals surface area (Å²) in [7, 11) is -3.31. The molecular formula is C19H24N6O3S. The van der Waals surface area contributed by atoms with Gasteiger partial charge in [0, 0.05) is 30.3 Å². The topological polar surface area (TPSA) is 117 Å². The van der Waals surface area contributed by atoms with Crippen molar-refractivity contribution in [3.05, 3.63) is 53.2 Å². The average molecular weight is 417 g/mol. The van der Waals surface area contributed by atoms with Crippen LogP contribution in [0, 0.1) is 13.8 Å². The van der Waals surface area contributed by atoms with Gasteiger partial charge >= 0.3 is 0 Å². The fourth-order valence-electron chi connectivity index (χ4n) is 3.82. The summed E-state index contributed by atoms with van der Waals surface area (Å²) < 4.78 is 31.5. The molecule has 9 nitrogen and oxygen atoms in total. The predicted molar refractivity (Wildman–Crippen MR) is 107 cm³/mol. The van der Waals surface area contributed by atoms with Crippen LogP contribution in [-0.2, 0) is 16.6 Å². The van der Waals surface area contributed by atoms with E-state index in [0.717, 1.165) is 22.6 Å². The molecule has 4 rings (SSSR count). The molecule has 2 N–H and O–H groups in total. The highest BCUT2D eigenvalue weighted by Gasteiger charge is 2.37. The lowest BCUT2D eigenvalue weighted by Gasteiger charge is -2.22. The highest BCUT2D eigenvalue weighted by molar-refractivity contribution is 7.88. The van der Waals surface area contributed by atoms with Gasteiger partial charge in [0.05, 0.1) is 18.0 Å². The number of hydrogen-bond acceptors (Lipinski definition) is 7. The Balaban J connectivity index is 1.62. The molecule has 0 spiro atoms. The van der Waals surface area contributed by atoms with E-state index in [1.165, 1.54) is 6.26 Å². The maximum Gasteiger partial charge on any atom is 0.208 e. The van der Waals surface area contributed by atoms with Gasteiger partial charge in [-0.25, -0.2) is 18.1 Å². The van der Waals surface area contributed by atoms with Gasteiger partial charge in [-0.3, -0.25) is 10.00 Å². The number of benzene rings is 1. The van der Waals surface area contributed by atoms with E-state index in [9.17, 15) is 8.42 Å². The minimum atomic E-state index is -3.31. The number of sulfonamides is 1. The molecule has 1 aliphatic rings. The number of aryl methyl sites for hydroxylation is 2. The predicted octanol–water partition coefficient (Wildman–Crippen LogP) is 1.94. The molecule has 0 amide bonds. The Hall–Kier alpha value is -2.56. The van der Waals surface area contributed by atoms with Crippen molar-refractivity contribution in [3.63, 3.8) is 0 Å². The van der Waals surface area contributed by atoms with Crippen LogP contribution in [0.4, 0.5) is 0 Å². The number of rotatable bonds is 6. The molecule has 0 aliphatic carbocycles. The zero-order chi connectivity index (χ0) is 20.6. The van der Waals surface area contributed by atoms with Crippen LogP contribution in [0.5, 0.6) is 0 Å². The summed E-state index contributed by atoms with van der Waals surface area (Å²) in [6.07, 6.45) is 1.78. The fourth-order valence-corrected chi connectivity index (χ4v) is 4.60. The average Bonchev–Trinajstić information content (AvgIpc) is 3.37. The Morgan fingerprint density at radius 1 is 1.28 bits per heavy atom. The summed E-state index contributed by atoms with van der Waals surface area (Å²) in [6, 6.07) is 9.43. The highest BCUT2D eigenvalue weighted by atomic mass is 32.2. The zero-order valence-electron chi connectivity index (χ0n) is 16.6. The third-order valence-electron chi connectivity index (χ3n) is 5.18. The third kappa shape index (κ3) is 4.39. The molecule has 0 saturated carbocycles. The van der Waals surface area contributed by atoms with Crippen LogP contribution in [0.25, 0.3) is 11.4 Å². The van der Waals surface area contributed by atoms with Crippen LogP contribution < -0.4 is 4.72 Å². The van der Waals surface area contributed by atoms with Gasteiger partial charge in [0.15, 0.2) is 5.82 Å². The minimum Gasteiger partial charge on any atom is -0.361 e. The summed E-state index contributed by atoms with van der Waals surface area (Å²) in [4.78, 5) is 6.88. The number of nitrogens with zero attached hydrogens (tertiary/aromatic N) is 4. The lowest BCUT2D eigenvalue weighted by molar-refractivity contribution is 0.237. The van der Waals surface area contributed by atoms with E-state index >= 15 is 0 Å². The Morgan fingerprint density at radius 2 is 2.03 bits per heavy atom. The fraction of sp³-hybridized carbons (Fsp3) is 0.421. The first kappa shape index (κ1) is 19.7. The van der Waals surface area contributed by atoms with Crippen molar-refractivity contribution in [1.29, 1.82) is 0 Å². The number of H-pyrrole nitrogens is 1. The van der Waals surface area contributed by atoms with E-state index in [1.807, 2.05) is 44.2 Å². The van der Waals surface area contributed by atoms with Crippen molar-refractivity contribution in [1.82, 2.24) is 30.0 Å². The highest BCUT2D eigenvalue weighted by Crippen LogP contribution is 2.33. The molecule has 0 unspecified atom stereocenters. The Bertz CT molecular complexity index is 1070. The molecule has 29 heavy (non-hydrogen) atoms. The van der Waals surface area contributed by atoms with Gasteiger partial charge in [-0.15, -0.1) is 0 Å². The van der Waals surface area contributed by atoms with E-state index in [0.29, 0.717) is 31.2 Å².